The maximum atomic E-state index is 5.97. The second-order valence-corrected chi connectivity index (χ2v) is 9.78. The van der Waals surface area contributed by atoms with Crippen LogP contribution in [0.5, 0.6) is 0 Å². The fourth-order valence-corrected chi connectivity index (χ4v) is 6.47. The van der Waals surface area contributed by atoms with E-state index in [2.05, 4.69) is 27.7 Å². The van der Waals surface area contributed by atoms with Gasteiger partial charge >= 0.3 is 16.5 Å². The van der Waals surface area contributed by atoms with E-state index < -0.39 is 16.5 Å². The fourth-order valence-electron chi connectivity index (χ4n) is 1.29. The van der Waals surface area contributed by atoms with Gasteiger partial charge in [0.25, 0.3) is 0 Å². The molecule has 0 N–H and O–H groups in total. The van der Waals surface area contributed by atoms with Gasteiger partial charge in [0.15, 0.2) is 0 Å². The van der Waals surface area contributed by atoms with Gasteiger partial charge in [-0.2, -0.15) is 0 Å². The summed E-state index contributed by atoms with van der Waals surface area (Å²) in [6, 6.07) is 0. The summed E-state index contributed by atoms with van der Waals surface area (Å²) >= 11 is 0. The van der Waals surface area contributed by atoms with E-state index in [0.29, 0.717) is 6.23 Å². The second-order valence-electron chi connectivity index (χ2n) is 4.31. The van der Waals surface area contributed by atoms with E-state index >= 15 is 0 Å². The van der Waals surface area contributed by atoms with Crippen molar-refractivity contribution >= 4 is 16.5 Å². The molecular weight excluding hydrogens is 276 g/mol. The molecule has 0 bridgehead atoms. The molecule has 0 aromatic carbocycles. The van der Waals surface area contributed by atoms with Crippen LogP contribution in [0.2, 0.25) is 0 Å². The average Bonchev–Trinajstić information content (AvgIpc) is 2.43. The highest BCUT2D eigenvalue weighted by molar-refractivity contribution is 6.86. The van der Waals surface area contributed by atoms with E-state index in [1.165, 1.54) is 0 Å². The van der Waals surface area contributed by atoms with Gasteiger partial charge in [-0.1, -0.05) is 27.7 Å². The zero-order chi connectivity index (χ0) is 14.3. The minimum absolute atomic E-state index is 0.681. The van der Waals surface area contributed by atoms with Crippen LogP contribution in [0.3, 0.4) is 0 Å². The van der Waals surface area contributed by atoms with Crippen molar-refractivity contribution in [3.05, 3.63) is 0 Å². The van der Waals surface area contributed by atoms with Crippen LogP contribution in [0.25, 0.3) is 0 Å². The molecule has 0 aliphatic rings. The van der Waals surface area contributed by atoms with Gasteiger partial charge in [0.2, 0.25) is 0 Å². The summed E-state index contributed by atoms with van der Waals surface area (Å²) in [5.74, 6) is 0. The Morgan fingerprint density at radius 1 is 0.632 bits per heavy atom. The Morgan fingerprint density at radius 2 is 1.11 bits per heavy atom. The van der Waals surface area contributed by atoms with Gasteiger partial charge in [0.05, 0.1) is 26.1 Å². The Hall–Kier alpha value is -0.206. The molecule has 0 radical (unpaired) electrons. The lowest BCUT2D eigenvalue weighted by Crippen LogP contribution is -2.33. The summed E-state index contributed by atoms with van der Waals surface area (Å²) in [5.41, 5.74) is 0. The summed E-state index contributed by atoms with van der Waals surface area (Å²) in [5, 5.41) is 0. The Bertz CT molecular complexity index is 225. The van der Waals surface area contributed by atoms with Crippen LogP contribution in [0.1, 0.15) is 53.4 Å². The van der Waals surface area contributed by atoms with Gasteiger partial charge in [0.1, 0.15) is 0 Å². The highest BCUT2D eigenvalue weighted by atomic mass is 28.9. The van der Waals surface area contributed by atoms with Crippen LogP contribution in [0.15, 0.2) is 0 Å². The van der Waals surface area contributed by atoms with Crippen LogP contribution < -0.4 is 0 Å². The van der Waals surface area contributed by atoms with Crippen LogP contribution >= 0.6 is 0 Å². The van der Waals surface area contributed by atoms with E-state index in [9.17, 15) is 0 Å². The molecule has 0 spiro atoms. The lowest BCUT2D eigenvalue weighted by atomic mass is 10.5. The van der Waals surface area contributed by atoms with Crippen molar-refractivity contribution < 1.29 is 18.0 Å². The van der Waals surface area contributed by atoms with E-state index in [1.807, 2.05) is 0 Å². The molecule has 0 atom stereocenters. The maximum Gasteiger partial charge on any atom is 0.486 e. The predicted molar refractivity (Wildman–Crippen MR) is 81.3 cm³/mol. The van der Waals surface area contributed by atoms with Gasteiger partial charge in [0, 0.05) is 6.61 Å². The highest BCUT2D eigenvalue weighted by Crippen LogP contribution is 1.94. The minimum Gasteiger partial charge on any atom is -0.547 e. The quantitative estimate of drug-likeness (QED) is 0.387. The number of ether oxygens (including phenoxy) is 1. The van der Waals surface area contributed by atoms with Gasteiger partial charge in [-0.25, -0.2) is 0 Å². The third-order valence-electron chi connectivity index (χ3n) is 2.16. The van der Waals surface area contributed by atoms with Crippen LogP contribution in [-0.4, -0.2) is 49.2 Å². The van der Waals surface area contributed by atoms with Crippen molar-refractivity contribution in [2.45, 2.75) is 53.4 Å². The van der Waals surface area contributed by atoms with Crippen LogP contribution in [0.4, 0.5) is 0 Å². The van der Waals surface area contributed by atoms with Gasteiger partial charge < -0.3 is 18.0 Å². The molecule has 0 saturated heterocycles. The lowest BCUT2D eigenvalue weighted by molar-refractivity contribution is 0.159. The van der Waals surface area contributed by atoms with E-state index in [1.54, 1.807) is 0 Å². The first kappa shape index (κ1) is 18.8. The standard InChI is InChI=1S/C13H30O4Si2/c1-5-9-14-13-18(15-10-6-2)19(16-11-7-3)17-12-8-4/h5-13H2,1-4H3. The average molecular weight is 307 g/mol. The van der Waals surface area contributed by atoms with Crippen molar-refractivity contribution in [2.24, 2.45) is 0 Å². The number of hydrogen-bond acceptors (Lipinski definition) is 4. The van der Waals surface area contributed by atoms with Crippen molar-refractivity contribution in [3.63, 3.8) is 0 Å². The Labute approximate surface area is 121 Å². The molecule has 19 heavy (non-hydrogen) atoms. The topological polar surface area (TPSA) is 36.9 Å². The highest BCUT2D eigenvalue weighted by Gasteiger charge is 2.18. The van der Waals surface area contributed by atoms with E-state index in [0.717, 1.165) is 52.1 Å². The Kier molecular flexibility index (Phi) is 14.1. The lowest BCUT2D eigenvalue weighted by Gasteiger charge is -2.15. The van der Waals surface area contributed by atoms with Gasteiger partial charge in [-0.15, -0.1) is 0 Å². The molecule has 114 valence electrons. The molecule has 0 amide bonds. The Balaban J connectivity index is 4.60. The molecule has 0 fully saturated rings. The molecule has 0 aliphatic carbocycles. The summed E-state index contributed by atoms with van der Waals surface area (Å²) < 4.78 is 23.4. The molecule has 0 rings (SSSR count). The summed E-state index contributed by atoms with van der Waals surface area (Å²) in [6.45, 7) is 11.6. The molecule has 0 aromatic heterocycles. The van der Waals surface area contributed by atoms with Crippen LogP contribution in [-0.2, 0) is 18.0 Å². The monoisotopic (exact) mass is 306 g/mol. The SMILES string of the molecule is CCCOC[Si](OCCC)=[Si](OCCC)OCCC. The van der Waals surface area contributed by atoms with Gasteiger partial charge in [-0.05, 0) is 25.7 Å². The molecule has 4 nitrogen and oxygen atoms in total. The summed E-state index contributed by atoms with van der Waals surface area (Å²) in [6.07, 6.45) is 4.78. The van der Waals surface area contributed by atoms with E-state index in [4.69, 9.17) is 18.0 Å². The number of hydrogen-bond donors (Lipinski definition) is 0. The Morgan fingerprint density at radius 3 is 1.58 bits per heavy atom. The van der Waals surface area contributed by atoms with Crippen molar-refractivity contribution in [2.75, 3.05) is 32.7 Å². The largest absolute Gasteiger partial charge is 0.547 e. The first-order valence-electron chi connectivity index (χ1n) is 7.49. The molecule has 0 aromatic rings. The normalized spacial score (nSPS) is 10.1. The summed E-state index contributed by atoms with van der Waals surface area (Å²) in [7, 11) is -2.43. The smallest absolute Gasteiger partial charge is 0.486 e. The second kappa shape index (κ2) is 14.2. The van der Waals surface area contributed by atoms with Crippen molar-refractivity contribution in [3.8, 4) is 0 Å². The predicted octanol–water partition coefficient (Wildman–Crippen LogP) is 2.79. The molecular formula is C13H30O4Si2. The molecule has 6 heteroatoms. The minimum atomic E-state index is -1.31. The molecule has 0 unspecified atom stereocenters. The number of rotatable bonds is 13. The summed E-state index contributed by atoms with van der Waals surface area (Å²) in [4.78, 5) is 0. The van der Waals surface area contributed by atoms with Crippen molar-refractivity contribution in [1.82, 2.24) is 0 Å². The molecule has 0 heterocycles. The zero-order valence-electron chi connectivity index (χ0n) is 13.0. The van der Waals surface area contributed by atoms with Gasteiger partial charge in [-0.3, -0.25) is 0 Å². The third kappa shape index (κ3) is 10.3. The fraction of sp³-hybridized carbons (Fsp3) is 1.00. The third-order valence-corrected chi connectivity index (χ3v) is 7.67. The van der Waals surface area contributed by atoms with E-state index in [-0.39, 0.29) is 0 Å². The molecule has 0 aliphatic heterocycles. The maximum absolute atomic E-state index is 5.97. The molecule has 0 saturated carbocycles. The first-order valence-corrected chi connectivity index (χ1v) is 11.4. The zero-order valence-corrected chi connectivity index (χ0v) is 15.0. The van der Waals surface area contributed by atoms with Crippen molar-refractivity contribution in [1.29, 1.82) is 0 Å². The van der Waals surface area contributed by atoms with Crippen LogP contribution in [0, 0.1) is 0 Å². The first-order chi connectivity index (χ1) is 9.29.